The number of benzene rings is 3. The summed E-state index contributed by atoms with van der Waals surface area (Å²) < 4.78 is 18.9. The summed E-state index contributed by atoms with van der Waals surface area (Å²) in [6, 6.07) is 24.2. The van der Waals surface area contributed by atoms with Crippen molar-refractivity contribution in [1.29, 1.82) is 0 Å². The van der Waals surface area contributed by atoms with E-state index in [1.165, 1.54) is 17.8 Å². The molecule has 1 fully saturated rings. The maximum atomic E-state index is 13.0. The molecule has 0 aliphatic carbocycles. The number of aliphatic hydroxyl groups is 1. The van der Waals surface area contributed by atoms with Gasteiger partial charge < -0.3 is 14.7 Å². The van der Waals surface area contributed by atoms with Crippen molar-refractivity contribution in [2.24, 2.45) is 0 Å². The largest absolute Gasteiger partial charge is 0.457 e. The van der Waals surface area contributed by atoms with Gasteiger partial charge in [-0.25, -0.2) is 4.39 Å². The SMILES string of the molecule is OC(CCCN1CCN(c2ccc(Oc3ccccc3)cc2)CC1)c1ccc(F)cc1. The molecule has 0 amide bonds. The van der Waals surface area contributed by atoms with Crippen LogP contribution in [0.3, 0.4) is 0 Å². The lowest BCUT2D eigenvalue weighted by Crippen LogP contribution is -2.46. The van der Waals surface area contributed by atoms with Crippen molar-refractivity contribution in [2.45, 2.75) is 18.9 Å². The Hall–Kier alpha value is -2.89. The number of aliphatic hydroxyl groups excluding tert-OH is 1. The molecule has 4 nitrogen and oxygen atoms in total. The Morgan fingerprint density at radius 1 is 0.806 bits per heavy atom. The molecule has 0 radical (unpaired) electrons. The van der Waals surface area contributed by atoms with Gasteiger partial charge in [-0.05, 0) is 73.5 Å². The van der Waals surface area contributed by atoms with Crippen LogP contribution >= 0.6 is 0 Å². The molecule has 1 aliphatic heterocycles. The lowest BCUT2D eigenvalue weighted by molar-refractivity contribution is 0.154. The Kier molecular flexibility index (Phi) is 7.18. The van der Waals surface area contributed by atoms with Crippen LogP contribution in [0.15, 0.2) is 78.9 Å². The highest BCUT2D eigenvalue weighted by Crippen LogP contribution is 2.25. The van der Waals surface area contributed by atoms with E-state index in [1.54, 1.807) is 12.1 Å². The molecule has 1 aliphatic rings. The normalized spacial score (nSPS) is 15.6. The van der Waals surface area contributed by atoms with Gasteiger partial charge in [0.25, 0.3) is 0 Å². The van der Waals surface area contributed by atoms with E-state index < -0.39 is 6.10 Å². The first-order valence-corrected chi connectivity index (χ1v) is 10.9. The Bertz CT molecular complexity index is 924. The van der Waals surface area contributed by atoms with E-state index in [0.717, 1.165) is 56.2 Å². The summed E-state index contributed by atoms with van der Waals surface area (Å²) in [5.74, 6) is 1.41. The zero-order valence-corrected chi connectivity index (χ0v) is 17.7. The van der Waals surface area contributed by atoms with Gasteiger partial charge in [0.1, 0.15) is 17.3 Å². The molecule has 162 valence electrons. The van der Waals surface area contributed by atoms with Crippen LogP contribution in [0.1, 0.15) is 24.5 Å². The smallest absolute Gasteiger partial charge is 0.127 e. The fourth-order valence-electron chi connectivity index (χ4n) is 3.94. The quantitative estimate of drug-likeness (QED) is 0.540. The molecular weight excluding hydrogens is 391 g/mol. The Morgan fingerprint density at radius 3 is 2.13 bits per heavy atom. The lowest BCUT2D eigenvalue weighted by Gasteiger charge is -2.36. The van der Waals surface area contributed by atoms with Gasteiger partial charge in [-0.15, -0.1) is 0 Å². The summed E-state index contributed by atoms with van der Waals surface area (Å²) in [5.41, 5.74) is 2.00. The molecule has 1 heterocycles. The highest BCUT2D eigenvalue weighted by molar-refractivity contribution is 5.50. The molecule has 0 saturated carbocycles. The van der Waals surface area contributed by atoms with Gasteiger partial charge in [0.05, 0.1) is 6.10 Å². The molecule has 1 atom stereocenters. The summed E-state index contributed by atoms with van der Waals surface area (Å²) in [4.78, 5) is 4.84. The van der Waals surface area contributed by atoms with Gasteiger partial charge in [-0.3, -0.25) is 4.90 Å². The number of rotatable bonds is 8. The van der Waals surface area contributed by atoms with Crippen LogP contribution < -0.4 is 9.64 Å². The molecule has 0 aromatic heterocycles. The van der Waals surface area contributed by atoms with Gasteiger partial charge in [0.15, 0.2) is 0 Å². The van der Waals surface area contributed by atoms with Crippen LogP contribution in [0.4, 0.5) is 10.1 Å². The molecule has 3 aromatic carbocycles. The van der Waals surface area contributed by atoms with Crippen molar-refractivity contribution >= 4 is 5.69 Å². The number of anilines is 1. The van der Waals surface area contributed by atoms with E-state index in [0.29, 0.717) is 6.42 Å². The number of para-hydroxylation sites is 1. The van der Waals surface area contributed by atoms with Crippen LogP contribution in [-0.4, -0.2) is 42.7 Å². The second kappa shape index (κ2) is 10.4. The van der Waals surface area contributed by atoms with Gasteiger partial charge in [-0.2, -0.15) is 0 Å². The minimum absolute atomic E-state index is 0.271. The monoisotopic (exact) mass is 420 g/mol. The van der Waals surface area contributed by atoms with Crippen LogP contribution in [0, 0.1) is 5.82 Å². The number of nitrogens with zero attached hydrogens (tertiary/aromatic N) is 2. The van der Waals surface area contributed by atoms with Gasteiger partial charge in [0, 0.05) is 31.9 Å². The maximum Gasteiger partial charge on any atom is 0.127 e. The van der Waals surface area contributed by atoms with Gasteiger partial charge >= 0.3 is 0 Å². The molecule has 1 N–H and O–H groups in total. The molecule has 3 aromatic rings. The summed E-state index contributed by atoms with van der Waals surface area (Å²) >= 11 is 0. The Balaban J connectivity index is 1.19. The lowest BCUT2D eigenvalue weighted by atomic mass is 10.0. The van der Waals surface area contributed by atoms with Crippen molar-refractivity contribution in [2.75, 3.05) is 37.6 Å². The van der Waals surface area contributed by atoms with Crippen molar-refractivity contribution in [3.8, 4) is 11.5 Å². The zero-order valence-electron chi connectivity index (χ0n) is 17.7. The summed E-state index contributed by atoms with van der Waals surface area (Å²) in [5, 5.41) is 10.3. The third-order valence-corrected chi connectivity index (χ3v) is 5.76. The van der Waals surface area contributed by atoms with Gasteiger partial charge in [0.2, 0.25) is 0 Å². The second-order valence-corrected chi connectivity index (χ2v) is 7.95. The van der Waals surface area contributed by atoms with E-state index in [4.69, 9.17) is 4.74 Å². The minimum Gasteiger partial charge on any atom is -0.457 e. The average Bonchev–Trinajstić information content (AvgIpc) is 2.81. The maximum absolute atomic E-state index is 13.0. The molecule has 4 rings (SSSR count). The molecule has 5 heteroatoms. The number of halogens is 1. The van der Waals surface area contributed by atoms with Gasteiger partial charge in [-0.1, -0.05) is 30.3 Å². The van der Waals surface area contributed by atoms with Crippen molar-refractivity contribution in [3.63, 3.8) is 0 Å². The van der Waals surface area contributed by atoms with E-state index in [-0.39, 0.29) is 5.82 Å². The van der Waals surface area contributed by atoms with E-state index in [9.17, 15) is 9.50 Å². The van der Waals surface area contributed by atoms with E-state index in [2.05, 4.69) is 21.9 Å². The highest BCUT2D eigenvalue weighted by Gasteiger charge is 2.17. The van der Waals surface area contributed by atoms with Crippen LogP contribution in [-0.2, 0) is 0 Å². The number of ether oxygens (including phenoxy) is 1. The van der Waals surface area contributed by atoms with Crippen molar-refractivity contribution in [3.05, 3.63) is 90.2 Å². The Morgan fingerprint density at radius 2 is 1.45 bits per heavy atom. The van der Waals surface area contributed by atoms with E-state index >= 15 is 0 Å². The second-order valence-electron chi connectivity index (χ2n) is 7.95. The zero-order chi connectivity index (χ0) is 21.5. The predicted octanol–water partition coefficient (Wildman–Crippen LogP) is 5.25. The fourth-order valence-corrected chi connectivity index (χ4v) is 3.94. The topological polar surface area (TPSA) is 35.9 Å². The number of piperazine rings is 1. The number of hydrogen-bond acceptors (Lipinski definition) is 4. The molecular formula is C26H29FN2O2. The van der Waals surface area contributed by atoms with Crippen LogP contribution in [0.2, 0.25) is 0 Å². The fraction of sp³-hybridized carbons (Fsp3) is 0.308. The first-order chi connectivity index (χ1) is 15.2. The summed E-state index contributed by atoms with van der Waals surface area (Å²) in [7, 11) is 0. The molecule has 0 bridgehead atoms. The van der Waals surface area contributed by atoms with E-state index in [1.807, 2.05) is 42.5 Å². The number of hydrogen-bond donors (Lipinski definition) is 1. The summed E-state index contributed by atoms with van der Waals surface area (Å²) in [6.07, 6.45) is 1.08. The molecule has 31 heavy (non-hydrogen) atoms. The van der Waals surface area contributed by atoms with Crippen LogP contribution in [0.5, 0.6) is 11.5 Å². The van der Waals surface area contributed by atoms with Crippen molar-refractivity contribution < 1.29 is 14.2 Å². The molecule has 1 saturated heterocycles. The van der Waals surface area contributed by atoms with Crippen LogP contribution in [0.25, 0.3) is 0 Å². The highest BCUT2D eigenvalue weighted by atomic mass is 19.1. The molecule has 0 spiro atoms. The first kappa shape index (κ1) is 21.3. The van der Waals surface area contributed by atoms with Crippen molar-refractivity contribution in [1.82, 2.24) is 4.90 Å². The molecule has 1 unspecified atom stereocenters. The average molecular weight is 421 g/mol. The summed E-state index contributed by atoms with van der Waals surface area (Å²) in [6.45, 7) is 4.96. The minimum atomic E-state index is -0.529. The Labute approximate surface area is 183 Å². The third kappa shape index (κ3) is 6.06. The standard InChI is InChI=1S/C26H29FN2O2/c27-22-10-8-21(9-11-22)26(30)7-4-16-28-17-19-29(20-18-28)23-12-14-25(15-13-23)31-24-5-2-1-3-6-24/h1-3,5-6,8-15,26,30H,4,7,16-20H2. The third-order valence-electron chi connectivity index (χ3n) is 5.76. The predicted molar refractivity (Wildman–Crippen MR) is 122 cm³/mol. The first-order valence-electron chi connectivity index (χ1n) is 10.9.